The summed E-state index contributed by atoms with van der Waals surface area (Å²) >= 11 is 0. The first-order valence-electron chi connectivity index (χ1n) is 7.68. The second-order valence-electron chi connectivity index (χ2n) is 5.22. The Kier molecular flexibility index (Phi) is 5.19. The van der Waals surface area contributed by atoms with E-state index < -0.39 is 0 Å². The average molecular weight is 332 g/mol. The number of ether oxygens (including phenoxy) is 2. The highest BCUT2D eigenvalue weighted by atomic mass is 16.5. The number of hydrogen-bond donors (Lipinski definition) is 1. The van der Waals surface area contributed by atoms with Gasteiger partial charge in [-0.3, -0.25) is 0 Å². The molecule has 0 aliphatic rings. The molecule has 0 bridgehead atoms. The minimum Gasteiger partial charge on any atom is -0.489 e. The van der Waals surface area contributed by atoms with Crippen molar-refractivity contribution in [1.82, 2.24) is 9.97 Å². The Bertz CT molecular complexity index is 888. The maximum Gasteiger partial charge on any atom is 0.235 e. The number of nitrogens with zero attached hydrogens (tertiary/aromatic N) is 3. The molecule has 0 fully saturated rings. The quantitative estimate of drug-likeness (QED) is 0.745. The number of nitrogens with two attached hydrogens (primary N) is 1. The summed E-state index contributed by atoms with van der Waals surface area (Å²) in [5, 5.41) is 8.83. The topological polar surface area (TPSA) is 94.0 Å². The van der Waals surface area contributed by atoms with Gasteiger partial charge in [-0.25, -0.2) is 4.98 Å². The van der Waals surface area contributed by atoms with Gasteiger partial charge in [0.1, 0.15) is 24.2 Å². The molecule has 0 saturated heterocycles. The van der Waals surface area contributed by atoms with Crippen LogP contribution in [0.15, 0.2) is 60.8 Å². The molecule has 6 nitrogen and oxygen atoms in total. The van der Waals surface area contributed by atoms with Crippen LogP contribution in [-0.2, 0) is 13.2 Å². The molecule has 0 radical (unpaired) electrons. The van der Waals surface area contributed by atoms with Gasteiger partial charge in [0.05, 0.1) is 0 Å². The molecule has 0 aliphatic heterocycles. The Morgan fingerprint density at radius 3 is 2.52 bits per heavy atom. The molecule has 0 spiro atoms. The van der Waals surface area contributed by atoms with Crippen molar-refractivity contribution < 1.29 is 9.47 Å². The summed E-state index contributed by atoms with van der Waals surface area (Å²) in [7, 11) is 0. The van der Waals surface area contributed by atoms with Crippen LogP contribution in [0.4, 0.5) is 0 Å². The predicted octanol–water partition coefficient (Wildman–Crippen LogP) is 3.18. The van der Waals surface area contributed by atoms with E-state index in [1.165, 1.54) is 6.20 Å². The van der Waals surface area contributed by atoms with Crippen molar-refractivity contribution >= 4 is 0 Å². The Labute approximate surface area is 145 Å². The SMILES string of the molecule is N#Cc1nccc(Oc2cccc(OCc3ccc(CN)cc3)c2)n1. The van der Waals surface area contributed by atoms with E-state index in [9.17, 15) is 0 Å². The number of hydrogen-bond acceptors (Lipinski definition) is 6. The summed E-state index contributed by atoms with van der Waals surface area (Å²) < 4.78 is 11.4. The molecule has 3 rings (SSSR count). The molecule has 6 heteroatoms. The van der Waals surface area contributed by atoms with Gasteiger partial charge in [0.15, 0.2) is 0 Å². The third-order valence-electron chi connectivity index (χ3n) is 3.42. The van der Waals surface area contributed by atoms with Crippen LogP contribution in [0.2, 0.25) is 0 Å². The summed E-state index contributed by atoms with van der Waals surface area (Å²) in [6.07, 6.45) is 1.48. The third kappa shape index (κ3) is 4.53. The monoisotopic (exact) mass is 332 g/mol. The number of nitriles is 1. The first kappa shape index (κ1) is 16.4. The van der Waals surface area contributed by atoms with E-state index in [1.807, 2.05) is 42.5 Å². The Balaban J connectivity index is 1.65. The minimum absolute atomic E-state index is 0.0610. The second kappa shape index (κ2) is 7.90. The molecule has 0 aliphatic carbocycles. The maximum atomic E-state index is 8.83. The van der Waals surface area contributed by atoms with Crippen molar-refractivity contribution in [2.75, 3.05) is 0 Å². The highest BCUT2D eigenvalue weighted by Crippen LogP contribution is 2.24. The highest BCUT2D eigenvalue weighted by molar-refractivity contribution is 5.35. The normalized spacial score (nSPS) is 10.1. The van der Waals surface area contributed by atoms with Crippen molar-refractivity contribution in [3.63, 3.8) is 0 Å². The first-order valence-corrected chi connectivity index (χ1v) is 7.68. The lowest BCUT2D eigenvalue weighted by Crippen LogP contribution is -1.99. The van der Waals surface area contributed by atoms with E-state index in [4.69, 9.17) is 20.5 Å². The summed E-state index contributed by atoms with van der Waals surface area (Å²) in [5.74, 6) is 1.61. The van der Waals surface area contributed by atoms with Gasteiger partial charge in [-0.2, -0.15) is 10.2 Å². The molecule has 3 aromatic rings. The Morgan fingerprint density at radius 1 is 1.00 bits per heavy atom. The fourth-order valence-electron chi connectivity index (χ4n) is 2.14. The molecule has 0 atom stereocenters. The molecule has 1 aromatic heterocycles. The highest BCUT2D eigenvalue weighted by Gasteiger charge is 2.03. The summed E-state index contributed by atoms with van der Waals surface area (Å²) in [6.45, 7) is 0.970. The van der Waals surface area contributed by atoms with Gasteiger partial charge in [0.25, 0.3) is 0 Å². The van der Waals surface area contributed by atoms with Gasteiger partial charge < -0.3 is 15.2 Å². The van der Waals surface area contributed by atoms with Crippen molar-refractivity contribution in [1.29, 1.82) is 5.26 Å². The van der Waals surface area contributed by atoms with Crippen LogP contribution in [0.1, 0.15) is 17.0 Å². The number of rotatable bonds is 6. The van der Waals surface area contributed by atoms with Gasteiger partial charge in [0.2, 0.25) is 11.7 Å². The average Bonchev–Trinajstić information content (AvgIpc) is 2.67. The standard InChI is InChI=1S/C19H16N4O2/c20-11-14-4-6-15(7-5-14)13-24-16-2-1-3-17(10-16)25-19-8-9-22-18(12-21)23-19/h1-10H,11,13,20H2. The molecule has 124 valence electrons. The first-order chi connectivity index (χ1) is 12.3. The van der Waals surface area contributed by atoms with Gasteiger partial charge in [0, 0.05) is 24.9 Å². The fourth-order valence-corrected chi connectivity index (χ4v) is 2.14. The van der Waals surface area contributed by atoms with Crippen LogP contribution in [-0.4, -0.2) is 9.97 Å². The van der Waals surface area contributed by atoms with Crippen molar-refractivity contribution in [3.05, 3.63) is 77.7 Å². The molecule has 0 saturated carbocycles. The van der Waals surface area contributed by atoms with Crippen molar-refractivity contribution in [2.24, 2.45) is 5.73 Å². The third-order valence-corrected chi connectivity index (χ3v) is 3.42. The van der Waals surface area contributed by atoms with E-state index in [0.717, 1.165) is 11.1 Å². The Hall–Kier alpha value is -3.43. The molecule has 2 aromatic carbocycles. The molecule has 0 unspecified atom stereocenters. The predicted molar refractivity (Wildman–Crippen MR) is 91.9 cm³/mol. The largest absolute Gasteiger partial charge is 0.489 e. The zero-order valence-electron chi connectivity index (χ0n) is 13.4. The van der Waals surface area contributed by atoms with E-state index in [-0.39, 0.29) is 5.82 Å². The van der Waals surface area contributed by atoms with Gasteiger partial charge >= 0.3 is 0 Å². The molecule has 25 heavy (non-hydrogen) atoms. The smallest absolute Gasteiger partial charge is 0.235 e. The minimum atomic E-state index is 0.0610. The van der Waals surface area contributed by atoms with E-state index >= 15 is 0 Å². The number of aromatic nitrogens is 2. The summed E-state index contributed by atoms with van der Waals surface area (Å²) in [6, 6.07) is 18.7. The van der Waals surface area contributed by atoms with Crippen LogP contribution in [0.3, 0.4) is 0 Å². The summed E-state index contributed by atoms with van der Waals surface area (Å²) in [5.41, 5.74) is 7.73. The molecule has 0 amide bonds. The molecule has 1 heterocycles. The maximum absolute atomic E-state index is 8.83. The zero-order valence-corrected chi connectivity index (χ0v) is 13.4. The molecular weight excluding hydrogens is 316 g/mol. The van der Waals surface area contributed by atoms with Crippen LogP contribution in [0.25, 0.3) is 0 Å². The van der Waals surface area contributed by atoms with Crippen molar-refractivity contribution in [3.8, 4) is 23.4 Å². The van der Waals surface area contributed by atoms with Crippen molar-refractivity contribution in [2.45, 2.75) is 13.2 Å². The van der Waals surface area contributed by atoms with E-state index in [0.29, 0.717) is 30.5 Å². The zero-order chi connectivity index (χ0) is 17.5. The van der Waals surface area contributed by atoms with Crippen LogP contribution in [0, 0.1) is 11.3 Å². The van der Waals surface area contributed by atoms with Crippen LogP contribution in [0.5, 0.6) is 17.4 Å². The lowest BCUT2D eigenvalue weighted by atomic mass is 10.1. The van der Waals surface area contributed by atoms with E-state index in [2.05, 4.69) is 9.97 Å². The van der Waals surface area contributed by atoms with E-state index in [1.54, 1.807) is 18.2 Å². The lowest BCUT2D eigenvalue weighted by molar-refractivity contribution is 0.304. The number of benzene rings is 2. The van der Waals surface area contributed by atoms with Gasteiger partial charge in [-0.1, -0.05) is 30.3 Å². The van der Waals surface area contributed by atoms with Crippen LogP contribution < -0.4 is 15.2 Å². The second-order valence-corrected chi connectivity index (χ2v) is 5.22. The van der Waals surface area contributed by atoms with Crippen LogP contribution >= 0.6 is 0 Å². The molecular formula is C19H16N4O2. The van der Waals surface area contributed by atoms with Gasteiger partial charge in [-0.15, -0.1) is 0 Å². The van der Waals surface area contributed by atoms with Gasteiger partial charge in [-0.05, 0) is 23.3 Å². The Morgan fingerprint density at radius 2 is 1.76 bits per heavy atom. The fraction of sp³-hybridized carbons (Fsp3) is 0.105. The lowest BCUT2D eigenvalue weighted by Gasteiger charge is -2.09. The summed E-state index contributed by atoms with van der Waals surface area (Å²) in [4.78, 5) is 7.79. The molecule has 2 N–H and O–H groups in total.